The summed E-state index contributed by atoms with van der Waals surface area (Å²) in [6.07, 6.45) is 6.58. The van der Waals surface area contributed by atoms with Gasteiger partial charge in [-0.2, -0.15) is 0 Å². The van der Waals surface area contributed by atoms with Gasteiger partial charge in [0.05, 0.1) is 18.2 Å². The summed E-state index contributed by atoms with van der Waals surface area (Å²) in [6.45, 7) is 5.48. The number of ether oxygens (including phenoxy) is 1. The molecule has 2 atom stereocenters. The molecule has 1 heterocycles. The van der Waals surface area contributed by atoms with Crippen molar-refractivity contribution >= 4 is 11.7 Å². The van der Waals surface area contributed by atoms with Crippen LogP contribution in [0.15, 0.2) is 35.5 Å². The Morgan fingerprint density at radius 3 is 2.85 bits per heavy atom. The highest BCUT2D eigenvalue weighted by molar-refractivity contribution is 5.91. The predicted octanol–water partition coefficient (Wildman–Crippen LogP) is 3.99. The lowest BCUT2D eigenvalue weighted by Gasteiger charge is -2.31. The van der Waals surface area contributed by atoms with Crippen molar-refractivity contribution in [3.05, 3.63) is 35.9 Å². The van der Waals surface area contributed by atoms with Crippen LogP contribution in [0.5, 0.6) is 0 Å². The van der Waals surface area contributed by atoms with Crippen LogP contribution < -0.4 is 0 Å². The maximum absolute atomic E-state index is 11.9. The van der Waals surface area contributed by atoms with Crippen molar-refractivity contribution in [2.75, 3.05) is 32.8 Å². The van der Waals surface area contributed by atoms with Crippen LogP contribution in [0.4, 0.5) is 0 Å². The Kier molecular flexibility index (Phi) is 7.69. The van der Waals surface area contributed by atoms with E-state index in [0.717, 1.165) is 45.3 Å². The number of nitrogens with zero attached hydrogens (tertiary/aromatic N) is 2. The fraction of sp³-hybridized carbons (Fsp3) is 0.636. The molecule has 1 aliphatic heterocycles. The number of carbonyl (C=O) groups is 1. The highest BCUT2D eigenvalue weighted by Crippen LogP contribution is 2.30. The Bertz CT molecular complexity index is 617. The topological polar surface area (TPSA) is 51.1 Å². The summed E-state index contributed by atoms with van der Waals surface area (Å²) in [4.78, 5) is 19.9. The van der Waals surface area contributed by atoms with Crippen molar-refractivity contribution in [2.24, 2.45) is 11.1 Å². The van der Waals surface area contributed by atoms with Gasteiger partial charge in [-0.3, -0.25) is 9.69 Å². The monoisotopic (exact) mass is 372 g/mol. The van der Waals surface area contributed by atoms with Gasteiger partial charge >= 0.3 is 5.97 Å². The number of piperidine rings is 1. The number of carbonyl (C=O) groups excluding carboxylic acids is 1. The highest BCUT2D eigenvalue weighted by atomic mass is 16.6. The van der Waals surface area contributed by atoms with Crippen LogP contribution in [0, 0.1) is 5.92 Å². The van der Waals surface area contributed by atoms with Crippen molar-refractivity contribution < 1.29 is 14.4 Å². The number of esters is 1. The van der Waals surface area contributed by atoms with Crippen LogP contribution in [0.25, 0.3) is 0 Å². The number of rotatable bonds is 7. The molecule has 1 saturated heterocycles. The zero-order chi connectivity index (χ0) is 18.9. The maximum atomic E-state index is 11.9. The summed E-state index contributed by atoms with van der Waals surface area (Å²) in [5.41, 5.74) is 2.52. The maximum Gasteiger partial charge on any atom is 0.310 e. The average Bonchev–Trinajstić information content (AvgIpc) is 2.72. The second-order valence-electron chi connectivity index (χ2n) is 7.52. The second-order valence-corrected chi connectivity index (χ2v) is 7.52. The largest absolute Gasteiger partial charge is 0.466 e. The fourth-order valence-electron chi connectivity index (χ4n) is 4.16. The Balaban J connectivity index is 1.47. The molecule has 3 rings (SSSR count). The van der Waals surface area contributed by atoms with Crippen LogP contribution in [0.2, 0.25) is 0 Å². The van der Waals surface area contributed by atoms with Gasteiger partial charge in [0.15, 0.2) is 0 Å². The highest BCUT2D eigenvalue weighted by Gasteiger charge is 2.27. The Morgan fingerprint density at radius 1 is 1.19 bits per heavy atom. The first-order valence-electron chi connectivity index (χ1n) is 10.4. The summed E-state index contributed by atoms with van der Waals surface area (Å²) in [5.74, 6) is 0.338. The quantitative estimate of drug-likeness (QED) is 0.412. The minimum Gasteiger partial charge on any atom is -0.466 e. The normalized spacial score (nSPS) is 25.3. The zero-order valence-corrected chi connectivity index (χ0v) is 16.4. The molecule has 0 amide bonds. The van der Waals surface area contributed by atoms with E-state index in [2.05, 4.69) is 40.4 Å². The molecule has 2 fully saturated rings. The molecule has 0 N–H and O–H groups in total. The SMILES string of the molecule is CCOC(=O)C1CCCN(CCON=C2CCCCC2c2ccccc2)C1. The molecule has 5 nitrogen and oxygen atoms in total. The standard InChI is InChI=1S/C22H32N2O3/c1-2-26-22(25)19-11-8-14-24(17-19)15-16-27-23-21-13-7-6-12-20(21)18-9-4-3-5-10-18/h3-5,9-10,19-20H,2,6-8,11-17H2,1H3. The van der Waals surface area contributed by atoms with Crippen LogP contribution in [-0.2, 0) is 14.4 Å². The first-order chi connectivity index (χ1) is 13.3. The van der Waals surface area contributed by atoms with E-state index in [1.807, 2.05) is 6.92 Å². The molecule has 148 valence electrons. The summed E-state index contributed by atoms with van der Waals surface area (Å²) in [7, 11) is 0. The smallest absolute Gasteiger partial charge is 0.310 e. The molecule has 0 bridgehead atoms. The molecule has 2 aliphatic rings. The first kappa shape index (κ1) is 19.9. The van der Waals surface area contributed by atoms with Gasteiger partial charge in [-0.25, -0.2) is 0 Å². The number of benzene rings is 1. The fourth-order valence-corrected chi connectivity index (χ4v) is 4.16. The third-order valence-electron chi connectivity index (χ3n) is 5.59. The van der Waals surface area contributed by atoms with Gasteiger partial charge < -0.3 is 9.57 Å². The third-order valence-corrected chi connectivity index (χ3v) is 5.59. The second kappa shape index (κ2) is 10.5. The number of hydrogen-bond donors (Lipinski definition) is 0. The number of oxime groups is 1. The molecular weight excluding hydrogens is 340 g/mol. The lowest BCUT2D eigenvalue weighted by molar-refractivity contribution is -0.150. The van der Waals surface area contributed by atoms with E-state index in [0.29, 0.717) is 19.1 Å². The van der Waals surface area contributed by atoms with Gasteiger partial charge in [0.2, 0.25) is 0 Å². The van der Waals surface area contributed by atoms with E-state index in [1.54, 1.807) is 0 Å². The lowest BCUT2D eigenvalue weighted by Crippen LogP contribution is -2.40. The molecule has 0 radical (unpaired) electrons. The molecule has 1 aromatic carbocycles. The summed E-state index contributed by atoms with van der Waals surface area (Å²) >= 11 is 0. The van der Waals surface area contributed by atoms with Gasteiger partial charge in [0, 0.05) is 19.0 Å². The number of likely N-dealkylation sites (tertiary alicyclic amines) is 1. The predicted molar refractivity (Wildman–Crippen MR) is 107 cm³/mol. The molecule has 1 aromatic rings. The van der Waals surface area contributed by atoms with E-state index in [1.165, 1.54) is 24.1 Å². The van der Waals surface area contributed by atoms with Crippen molar-refractivity contribution in [1.82, 2.24) is 4.90 Å². The Morgan fingerprint density at radius 2 is 2.04 bits per heavy atom. The van der Waals surface area contributed by atoms with Crippen LogP contribution in [-0.4, -0.2) is 49.4 Å². The molecule has 2 unspecified atom stereocenters. The van der Waals surface area contributed by atoms with E-state index < -0.39 is 0 Å². The van der Waals surface area contributed by atoms with Crippen LogP contribution >= 0.6 is 0 Å². The Labute approximate surface area is 162 Å². The number of hydrogen-bond acceptors (Lipinski definition) is 5. The van der Waals surface area contributed by atoms with Gasteiger partial charge in [0.1, 0.15) is 6.61 Å². The molecule has 27 heavy (non-hydrogen) atoms. The minimum atomic E-state index is -0.0590. The first-order valence-corrected chi connectivity index (χ1v) is 10.4. The summed E-state index contributed by atoms with van der Waals surface area (Å²) < 4.78 is 5.17. The van der Waals surface area contributed by atoms with Gasteiger partial charge in [-0.1, -0.05) is 41.9 Å². The van der Waals surface area contributed by atoms with E-state index in [4.69, 9.17) is 9.57 Å². The van der Waals surface area contributed by atoms with Gasteiger partial charge in [-0.15, -0.1) is 0 Å². The van der Waals surface area contributed by atoms with Gasteiger partial charge in [-0.05, 0) is 51.1 Å². The van der Waals surface area contributed by atoms with Crippen molar-refractivity contribution in [3.8, 4) is 0 Å². The van der Waals surface area contributed by atoms with E-state index >= 15 is 0 Å². The summed E-state index contributed by atoms with van der Waals surface area (Å²) in [6, 6.07) is 10.6. The molecule has 1 aliphatic carbocycles. The van der Waals surface area contributed by atoms with Gasteiger partial charge in [0.25, 0.3) is 0 Å². The molecule has 1 saturated carbocycles. The third kappa shape index (κ3) is 5.80. The van der Waals surface area contributed by atoms with E-state index in [-0.39, 0.29) is 11.9 Å². The van der Waals surface area contributed by atoms with E-state index in [9.17, 15) is 4.79 Å². The lowest BCUT2D eigenvalue weighted by atomic mass is 9.82. The minimum absolute atomic E-state index is 0.00539. The summed E-state index contributed by atoms with van der Waals surface area (Å²) in [5, 5.41) is 4.51. The zero-order valence-electron chi connectivity index (χ0n) is 16.4. The Hall–Kier alpha value is -1.88. The molecule has 5 heteroatoms. The van der Waals surface area contributed by atoms with Crippen LogP contribution in [0.3, 0.4) is 0 Å². The van der Waals surface area contributed by atoms with Crippen molar-refractivity contribution in [2.45, 2.75) is 51.4 Å². The van der Waals surface area contributed by atoms with Crippen molar-refractivity contribution in [1.29, 1.82) is 0 Å². The van der Waals surface area contributed by atoms with Crippen molar-refractivity contribution in [3.63, 3.8) is 0 Å². The average molecular weight is 373 g/mol. The molecule has 0 aromatic heterocycles. The van der Waals surface area contributed by atoms with Crippen LogP contribution in [0.1, 0.15) is 56.9 Å². The molecular formula is C22H32N2O3. The molecule has 0 spiro atoms.